The Morgan fingerprint density at radius 2 is 1.46 bits per heavy atom. The van der Waals surface area contributed by atoms with Crippen LogP contribution in [0.1, 0.15) is 33.7 Å². The number of carboxylic acids is 1. The molecule has 3 N–H and O–H groups in total. The van der Waals surface area contributed by atoms with Gasteiger partial charge >= 0.3 is 17.9 Å². The Kier molecular flexibility index (Phi) is 8.66. The van der Waals surface area contributed by atoms with E-state index >= 15 is 0 Å². The number of carbonyl (C=O) groups excluding carboxylic acids is 2. The number of esters is 2. The summed E-state index contributed by atoms with van der Waals surface area (Å²) >= 11 is 0. The number of benzene rings is 3. The third kappa shape index (κ3) is 6.95. The van der Waals surface area contributed by atoms with Crippen molar-refractivity contribution in [3.63, 3.8) is 0 Å². The molecule has 1 atom stereocenters. The van der Waals surface area contributed by atoms with Crippen molar-refractivity contribution in [1.82, 2.24) is 15.3 Å². The highest BCUT2D eigenvalue weighted by molar-refractivity contribution is 6.09. The topological polar surface area (TPSA) is 131 Å². The van der Waals surface area contributed by atoms with Gasteiger partial charge < -0.3 is 24.9 Å². The monoisotopic (exact) mass is 551 g/mol. The number of nitrogens with one attached hydrogen (secondary N) is 2. The largest absolute Gasteiger partial charge is 0.480 e. The first-order valence-electron chi connectivity index (χ1n) is 13.2. The van der Waals surface area contributed by atoms with E-state index in [1.54, 1.807) is 6.07 Å². The van der Waals surface area contributed by atoms with Crippen LogP contribution in [0.25, 0.3) is 21.8 Å². The Bertz CT molecular complexity index is 1670. The maximum absolute atomic E-state index is 13.0. The Hall–Kier alpha value is -5.02. The molecule has 3 aromatic carbocycles. The summed E-state index contributed by atoms with van der Waals surface area (Å²) in [6.45, 7) is 0.384. The predicted octanol–water partition coefficient (Wildman–Crippen LogP) is 4.79. The number of aliphatic carboxylic acids is 1. The van der Waals surface area contributed by atoms with Crippen LogP contribution >= 0.6 is 0 Å². The van der Waals surface area contributed by atoms with Crippen LogP contribution in [0.2, 0.25) is 0 Å². The van der Waals surface area contributed by atoms with Crippen LogP contribution in [0.15, 0.2) is 91.0 Å². The van der Waals surface area contributed by atoms with E-state index in [1.165, 1.54) is 0 Å². The number of carboxylic acid groups (broad SMARTS) is 1. The molecule has 2 aromatic heterocycles. The molecule has 0 bridgehead atoms. The number of nitrogens with zero attached hydrogens (tertiary/aromatic N) is 1. The molecule has 0 aliphatic rings. The molecule has 41 heavy (non-hydrogen) atoms. The van der Waals surface area contributed by atoms with E-state index in [4.69, 9.17) is 9.47 Å². The van der Waals surface area contributed by atoms with Crippen molar-refractivity contribution in [3.8, 4) is 0 Å². The van der Waals surface area contributed by atoms with Crippen molar-refractivity contribution in [2.24, 2.45) is 0 Å². The van der Waals surface area contributed by atoms with Crippen molar-refractivity contribution in [1.29, 1.82) is 0 Å². The fourth-order valence-corrected chi connectivity index (χ4v) is 4.57. The molecular weight excluding hydrogens is 522 g/mol. The molecule has 0 unspecified atom stereocenters. The van der Waals surface area contributed by atoms with Crippen molar-refractivity contribution in [2.45, 2.75) is 32.1 Å². The minimum Gasteiger partial charge on any atom is -0.480 e. The number of aromatic amines is 1. The van der Waals surface area contributed by atoms with Gasteiger partial charge in [-0.05, 0) is 23.3 Å². The lowest BCUT2D eigenvalue weighted by atomic mass is 10.1. The number of rotatable bonds is 12. The lowest BCUT2D eigenvalue weighted by Crippen LogP contribution is -2.40. The molecule has 9 heteroatoms. The van der Waals surface area contributed by atoms with E-state index in [-0.39, 0.29) is 31.9 Å². The first kappa shape index (κ1) is 27.5. The third-order valence-electron chi connectivity index (χ3n) is 6.66. The summed E-state index contributed by atoms with van der Waals surface area (Å²) in [4.78, 5) is 45.1. The quantitative estimate of drug-likeness (QED) is 0.189. The van der Waals surface area contributed by atoms with Crippen LogP contribution in [0.4, 0.5) is 0 Å². The Balaban J connectivity index is 1.29. The lowest BCUT2D eigenvalue weighted by Gasteiger charge is -2.14. The molecule has 0 radical (unpaired) electrons. The highest BCUT2D eigenvalue weighted by atomic mass is 16.5. The van der Waals surface area contributed by atoms with E-state index in [0.29, 0.717) is 12.1 Å². The van der Waals surface area contributed by atoms with Crippen LogP contribution in [-0.4, -0.2) is 45.6 Å². The Labute approximate surface area is 236 Å². The van der Waals surface area contributed by atoms with Crippen molar-refractivity contribution >= 4 is 39.7 Å². The summed E-state index contributed by atoms with van der Waals surface area (Å²) in [6.07, 6.45) is -0.0325. The standard InChI is InChI=1S/C32H29N3O6/c36-29(40-19-21-9-3-1-4-10-21)18-27(31(37)38)33-16-15-26-30-24(23-13-7-8-14-25(23)35-30)17-28(34-26)32(39)41-20-22-11-5-2-6-12-22/h1-14,17,27,33,35H,15-16,18-20H2,(H,37,38)/t27-/m1/s1. The average Bonchev–Trinajstić information content (AvgIpc) is 3.38. The van der Waals surface area contributed by atoms with Gasteiger partial charge in [0.25, 0.3) is 0 Å². The van der Waals surface area contributed by atoms with Gasteiger partial charge in [-0.3, -0.25) is 9.59 Å². The molecule has 2 heterocycles. The second-order valence-electron chi connectivity index (χ2n) is 9.55. The van der Waals surface area contributed by atoms with E-state index in [0.717, 1.165) is 32.9 Å². The normalized spacial score (nSPS) is 11.8. The molecule has 0 aliphatic heterocycles. The summed E-state index contributed by atoms with van der Waals surface area (Å²) < 4.78 is 10.8. The molecule has 5 rings (SSSR count). The van der Waals surface area contributed by atoms with Gasteiger partial charge in [-0.2, -0.15) is 0 Å². The van der Waals surface area contributed by atoms with E-state index < -0.39 is 23.9 Å². The molecule has 9 nitrogen and oxygen atoms in total. The molecular formula is C32H29N3O6. The lowest BCUT2D eigenvalue weighted by molar-refractivity contribution is -0.150. The van der Waals surface area contributed by atoms with Gasteiger partial charge in [0.05, 0.1) is 17.6 Å². The van der Waals surface area contributed by atoms with Crippen molar-refractivity contribution < 1.29 is 29.0 Å². The van der Waals surface area contributed by atoms with E-state index in [9.17, 15) is 19.5 Å². The number of H-pyrrole nitrogens is 1. The molecule has 0 saturated carbocycles. The molecule has 0 fully saturated rings. The number of aromatic nitrogens is 2. The molecule has 0 spiro atoms. The number of carbonyl (C=O) groups is 3. The minimum atomic E-state index is -1.16. The Morgan fingerprint density at radius 3 is 2.15 bits per heavy atom. The number of ether oxygens (including phenoxy) is 2. The van der Waals surface area contributed by atoms with Gasteiger partial charge in [0, 0.05) is 29.3 Å². The fourth-order valence-electron chi connectivity index (χ4n) is 4.57. The second-order valence-corrected chi connectivity index (χ2v) is 9.55. The van der Waals surface area contributed by atoms with Crippen LogP contribution in [-0.2, 0) is 38.7 Å². The number of hydrogen-bond acceptors (Lipinski definition) is 7. The first-order valence-corrected chi connectivity index (χ1v) is 13.2. The zero-order valence-corrected chi connectivity index (χ0v) is 22.2. The summed E-state index contributed by atoms with van der Waals surface area (Å²) in [5.41, 5.74) is 4.05. The zero-order valence-electron chi connectivity index (χ0n) is 22.2. The van der Waals surface area contributed by atoms with Gasteiger partial charge in [-0.15, -0.1) is 0 Å². The van der Waals surface area contributed by atoms with Crippen molar-refractivity contribution in [3.05, 3.63) is 114 Å². The van der Waals surface area contributed by atoms with Crippen molar-refractivity contribution in [2.75, 3.05) is 6.54 Å². The number of para-hydroxylation sites is 1. The van der Waals surface area contributed by atoms with Gasteiger partial charge in [0.1, 0.15) is 24.9 Å². The summed E-state index contributed by atoms with van der Waals surface area (Å²) in [5, 5.41) is 14.4. The van der Waals surface area contributed by atoms with E-state index in [1.807, 2.05) is 84.9 Å². The Morgan fingerprint density at radius 1 is 0.829 bits per heavy atom. The van der Waals surface area contributed by atoms with Gasteiger partial charge in [0.15, 0.2) is 0 Å². The summed E-state index contributed by atoms with van der Waals surface area (Å²) in [6, 6.07) is 26.8. The smallest absolute Gasteiger partial charge is 0.357 e. The fraction of sp³-hybridized carbons (Fsp3) is 0.188. The highest BCUT2D eigenvalue weighted by Gasteiger charge is 2.23. The van der Waals surface area contributed by atoms with Crippen LogP contribution in [0.3, 0.4) is 0 Å². The minimum absolute atomic E-state index is 0.0709. The summed E-state index contributed by atoms with van der Waals surface area (Å²) in [7, 11) is 0. The van der Waals surface area contributed by atoms with Crippen LogP contribution in [0, 0.1) is 0 Å². The van der Waals surface area contributed by atoms with Gasteiger partial charge in [0.2, 0.25) is 0 Å². The third-order valence-corrected chi connectivity index (χ3v) is 6.66. The number of hydrogen-bond donors (Lipinski definition) is 3. The predicted molar refractivity (Wildman–Crippen MR) is 153 cm³/mol. The SMILES string of the molecule is O=C(C[C@@H](NCCc1nc(C(=O)OCc2ccccc2)cc2c1[nH]c1ccccc12)C(=O)O)OCc1ccccc1. The first-order chi connectivity index (χ1) is 20.0. The van der Waals surface area contributed by atoms with Gasteiger partial charge in [-0.25, -0.2) is 9.78 Å². The average molecular weight is 552 g/mol. The maximum atomic E-state index is 13.0. The molecule has 0 amide bonds. The highest BCUT2D eigenvalue weighted by Crippen LogP contribution is 2.28. The summed E-state index contributed by atoms with van der Waals surface area (Å²) in [5.74, 6) is -2.34. The number of pyridine rings is 1. The van der Waals surface area contributed by atoms with Crippen LogP contribution < -0.4 is 5.32 Å². The molecule has 0 saturated heterocycles. The van der Waals surface area contributed by atoms with Gasteiger partial charge in [-0.1, -0.05) is 78.9 Å². The van der Waals surface area contributed by atoms with Crippen LogP contribution in [0.5, 0.6) is 0 Å². The maximum Gasteiger partial charge on any atom is 0.357 e. The molecule has 208 valence electrons. The zero-order chi connectivity index (χ0) is 28.6. The van der Waals surface area contributed by atoms with E-state index in [2.05, 4.69) is 15.3 Å². The number of fused-ring (bicyclic) bond motifs is 3. The molecule has 0 aliphatic carbocycles. The second kappa shape index (κ2) is 12.9. The molecule has 5 aromatic rings.